The number of carbonyl (C=O) groups excluding carboxylic acids is 1. The van der Waals surface area contributed by atoms with E-state index in [1.165, 1.54) is 11.0 Å². The zero-order valence-electron chi connectivity index (χ0n) is 15.2. The van der Waals surface area contributed by atoms with Gasteiger partial charge in [-0.2, -0.15) is 0 Å². The third-order valence-electron chi connectivity index (χ3n) is 4.02. The molecule has 1 heterocycles. The Labute approximate surface area is 166 Å². The van der Waals surface area contributed by atoms with Gasteiger partial charge < -0.3 is 4.90 Å². The molecule has 27 heavy (non-hydrogen) atoms. The smallest absolute Gasteiger partial charge is 0.260 e. The van der Waals surface area contributed by atoms with Crippen molar-refractivity contribution in [3.8, 4) is 0 Å². The molecule has 2 aromatic carbocycles. The molecule has 0 aliphatic rings. The number of thiazole rings is 1. The molecular weight excluding hydrogens is 392 g/mol. The molecule has 0 radical (unpaired) electrons. The number of fused-ring (bicyclic) bond motifs is 1. The Hall–Kier alpha value is -2.09. The lowest BCUT2D eigenvalue weighted by atomic mass is 10.1. The summed E-state index contributed by atoms with van der Waals surface area (Å²) >= 11 is 1.11. The van der Waals surface area contributed by atoms with Crippen molar-refractivity contribution in [2.75, 3.05) is 32.1 Å². The second kappa shape index (κ2) is 8.73. The van der Waals surface area contributed by atoms with E-state index in [1.807, 2.05) is 38.1 Å². The van der Waals surface area contributed by atoms with Gasteiger partial charge in [0.1, 0.15) is 11.3 Å². The molecule has 3 rings (SSSR count). The third-order valence-corrected chi connectivity index (χ3v) is 5.05. The molecule has 3 aromatic rings. The first-order valence-electron chi connectivity index (χ1n) is 8.14. The number of aryl methyl sites for hydroxylation is 1. The lowest BCUT2D eigenvalue weighted by Gasteiger charge is -2.22. The van der Waals surface area contributed by atoms with Crippen LogP contribution < -0.4 is 4.90 Å². The zero-order chi connectivity index (χ0) is 18.8. The molecule has 0 saturated heterocycles. The van der Waals surface area contributed by atoms with Crippen molar-refractivity contribution in [3.05, 3.63) is 59.2 Å². The average molecular weight is 412 g/mol. The number of anilines is 1. The Morgan fingerprint density at radius 1 is 1.15 bits per heavy atom. The topological polar surface area (TPSA) is 36.4 Å². The van der Waals surface area contributed by atoms with E-state index < -0.39 is 11.6 Å². The number of rotatable bonds is 5. The maximum absolute atomic E-state index is 14.0. The van der Waals surface area contributed by atoms with Crippen molar-refractivity contribution in [3.63, 3.8) is 0 Å². The quantitative estimate of drug-likeness (QED) is 0.619. The monoisotopic (exact) mass is 411 g/mol. The Bertz CT molecular complexity index is 961. The zero-order valence-corrected chi connectivity index (χ0v) is 16.8. The number of likely N-dealkylation sites (N-methyl/N-ethyl adjacent to an activating group) is 1. The van der Waals surface area contributed by atoms with Gasteiger partial charge in [0.05, 0.1) is 4.70 Å². The molecule has 0 spiro atoms. The minimum Gasteiger partial charge on any atom is -0.308 e. The number of amides is 1. The number of benzene rings is 2. The van der Waals surface area contributed by atoms with Gasteiger partial charge >= 0.3 is 0 Å². The fraction of sp³-hybridized carbons (Fsp3) is 0.263. The molecular formula is C19H20ClF2N3OS. The first-order chi connectivity index (χ1) is 12.4. The highest BCUT2D eigenvalue weighted by molar-refractivity contribution is 7.22. The summed E-state index contributed by atoms with van der Waals surface area (Å²) in [4.78, 5) is 20.9. The molecule has 0 fully saturated rings. The van der Waals surface area contributed by atoms with Crippen molar-refractivity contribution in [2.45, 2.75) is 6.92 Å². The van der Waals surface area contributed by atoms with Crippen molar-refractivity contribution in [1.29, 1.82) is 0 Å². The van der Waals surface area contributed by atoms with Crippen LogP contribution in [0.25, 0.3) is 10.2 Å². The van der Waals surface area contributed by atoms with Gasteiger partial charge in [-0.1, -0.05) is 29.5 Å². The van der Waals surface area contributed by atoms with Gasteiger partial charge in [-0.3, -0.25) is 9.69 Å². The van der Waals surface area contributed by atoms with Crippen LogP contribution in [0.2, 0.25) is 0 Å². The van der Waals surface area contributed by atoms with E-state index >= 15 is 0 Å². The molecule has 0 unspecified atom stereocenters. The highest BCUT2D eigenvalue weighted by atomic mass is 35.5. The van der Waals surface area contributed by atoms with Crippen molar-refractivity contribution < 1.29 is 13.6 Å². The van der Waals surface area contributed by atoms with Crippen LogP contribution in [0, 0.1) is 18.6 Å². The van der Waals surface area contributed by atoms with Gasteiger partial charge in [0, 0.05) is 24.7 Å². The van der Waals surface area contributed by atoms with Gasteiger partial charge in [0.2, 0.25) is 0 Å². The van der Waals surface area contributed by atoms with E-state index in [0.717, 1.165) is 23.0 Å². The summed E-state index contributed by atoms with van der Waals surface area (Å²) in [6.07, 6.45) is 0. The largest absolute Gasteiger partial charge is 0.308 e. The molecule has 144 valence electrons. The first kappa shape index (κ1) is 21.2. The molecule has 4 nitrogen and oxygen atoms in total. The molecule has 0 aliphatic carbocycles. The maximum atomic E-state index is 14.0. The second-order valence-electron chi connectivity index (χ2n) is 6.31. The van der Waals surface area contributed by atoms with Crippen LogP contribution in [0.1, 0.15) is 15.9 Å². The van der Waals surface area contributed by atoms with Gasteiger partial charge in [0.25, 0.3) is 5.91 Å². The number of nitrogens with zero attached hydrogens (tertiary/aromatic N) is 3. The number of aromatic nitrogens is 1. The fourth-order valence-electron chi connectivity index (χ4n) is 2.60. The van der Waals surface area contributed by atoms with Crippen molar-refractivity contribution >= 4 is 45.0 Å². The minimum absolute atomic E-state index is 0. The molecule has 0 N–H and O–H groups in total. The first-order valence-corrected chi connectivity index (χ1v) is 8.96. The van der Waals surface area contributed by atoms with E-state index in [2.05, 4.69) is 4.98 Å². The molecule has 8 heteroatoms. The van der Waals surface area contributed by atoms with Gasteiger partial charge in [0.15, 0.2) is 10.9 Å². The summed E-state index contributed by atoms with van der Waals surface area (Å²) in [7, 11) is 3.81. The summed E-state index contributed by atoms with van der Waals surface area (Å²) < 4.78 is 27.9. The van der Waals surface area contributed by atoms with E-state index in [1.54, 1.807) is 12.1 Å². The van der Waals surface area contributed by atoms with Crippen molar-refractivity contribution in [1.82, 2.24) is 9.88 Å². The average Bonchev–Trinajstić information content (AvgIpc) is 2.99. The highest BCUT2D eigenvalue weighted by Crippen LogP contribution is 2.32. The van der Waals surface area contributed by atoms with Crippen LogP contribution in [-0.4, -0.2) is 43.0 Å². The van der Waals surface area contributed by atoms with Crippen molar-refractivity contribution in [2.24, 2.45) is 0 Å². The Morgan fingerprint density at radius 3 is 2.52 bits per heavy atom. The molecule has 0 bridgehead atoms. The molecule has 0 atom stereocenters. The summed E-state index contributed by atoms with van der Waals surface area (Å²) in [5, 5.41) is 0.361. The van der Waals surface area contributed by atoms with E-state index in [0.29, 0.717) is 28.5 Å². The van der Waals surface area contributed by atoms with Gasteiger partial charge in [-0.05, 0) is 38.7 Å². The number of halogens is 3. The van der Waals surface area contributed by atoms with Crippen LogP contribution in [0.4, 0.5) is 13.9 Å². The van der Waals surface area contributed by atoms with E-state index in [9.17, 15) is 13.6 Å². The Morgan fingerprint density at radius 2 is 1.85 bits per heavy atom. The number of hydrogen-bond donors (Lipinski definition) is 0. The van der Waals surface area contributed by atoms with Crippen LogP contribution in [0.3, 0.4) is 0 Å². The summed E-state index contributed by atoms with van der Waals surface area (Å²) in [6.45, 7) is 2.87. The number of hydrogen-bond acceptors (Lipinski definition) is 4. The summed E-state index contributed by atoms with van der Waals surface area (Å²) in [5.41, 5.74) is 1.50. The molecule has 0 aliphatic heterocycles. The fourth-order valence-corrected chi connectivity index (χ4v) is 3.63. The minimum atomic E-state index is -0.724. The van der Waals surface area contributed by atoms with Crippen LogP contribution >= 0.6 is 23.7 Å². The van der Waals surface area contributed by atoms with E-state index in [4.69, 9.17) is 0 Å². The van der Waals surface area contributed by atoms with Gasteiger partial charge in [-0.25, -0.2) is 13.8 Å². The molecule has 0 saturated carbocycles. The highest BCUT2D eigenvalue weighted by Gasteiger charge is 2.23. The standard InChI is InChI=1S/C19H19F2N3OS.ClH/c1-12-6-4-5-7-14(12)18(25)24(9-8-23(2)3)19-22-17-15(21)10-13(20)11-16(17)26-19;/h4-7,10-11H,8-9H2,1-3H3;1H. The molecule has 1 aromatic heterocycles. The lowest BCUT2D eigenvalue weighted by Crippen LogP contribution is -2.37. The van der Waals surface area contributed by atoms with Crippen LogP contribution in [0.5, 0.6) is 0 Å². The Kier molecular flexibility index (Phi) is 6.86. The number of carbonyl (C=O) groups is 1. The maximum Gasteiger partial charge on any atom is 0.260 e. The summed E-state index contributed by atoms with van der Waals surface area (Å²) in [5.74, 6) is -1.58. The van der Waals surface area contributed by atoms with Gasteiger partial charge in [-0.15, -0.1) is 12.4 Å². The van der Waals surface area contributed by atoms with Crippen LogP contribution in [-0.2, 0) is 0 Å². The Balaban J connectivity index is 0.00000261. The van der Waals surface area contributed by atoms with E-state index in [-0.39, 0.29) is 23.8 Å². The lowest BCUT2D eigenvalue weighted by molar-refractivity contribution is 0.0984. The second-order valence-corrected chi connectivity index (χ2v) is 7.31. The van der Waals surface area contributed by atoms with Crippen LogP contribution in [0.15, 0.2) is 36.4 Å². The third kappa shape index (κ3) is 4.61. The molecule has 1 amide bonds. The predicted molar refractivity (Wildman–Crippen MR) is 108 cm³/mol. The summed E-state index contributed by atoms with van der Waals surface area (Å²) in [6, 6.07) is 9.34. The normalized spacial score (nSPS) is 10.9. The SMILES string of the molecule is Cc1ccccc1C(=O)N(CCN(C)C)c1nc2c(F)cc(F)cc2s1.Cl. The predicted octanol–water partition coefficient (Wildman–Crippen LogP) is 4.51.